The van der Waals surface area contributed by atoms with Gasteiger partial charge in [-0.1, -0.05) is 0 Å². The van der Waals surface area contributed by atoms with E-state index in [2.05, 4.69) is 25.2 Å². The third-order valence-electron chi connectivity index (χ3n) is 3.52. The molecule has 148 valence electrons. The lowest BCUT2D eigenvalue weighted by molar-refractivity contribution is 0.0890. The zero-order valence-electron chi connectivity index (χ0n) is 15.9. The van der Waals surface area contributed by atoms with Gasteiger partial charge < -0.3 is 24.4 Å². The zero-order chi connectivity index (χ0) is 19.6. The molecule has 3 heterocycles. The van der Waals surface area contributed by atoms with E-state index in [0.29, 0.717) is 42.9 Å². The maximum Gasteiger partial charge on any atom is 0.188 e. The van der Waals surface area contributed by atoms with Crippen LogP contribution in [0.4, 0.5) is 10.9 Å². The fraction of sp³-hybridized carbons (Fsp3) is 0.316. The van der Waals surface area contributed by atoms with Crippen molar-refractivity contribution >= 4 is 22.3 Å². The predicted molar refractivity (Wildman–Crippen MR) is 109 cm³/mol. The number of rotatable bonds is 11. The normalized spacial score (nSPS) is 10.8. The molecule has 0 bridgehead atoms. The minimum atomic E-state index is 0.401. The maximum atomic E-state index is 5.89. The number of aromatic nitrogens is 3. The van der Waals surface area contributed by atoms with E-state index in [9.17, 15) is 0 Å². The van der Waals surface area contributed by atoms with Crippen LogP contribution in [-0.4, -0.2) is 60.3 Å². The monoisotopic (exact) mass is 401 g/mol. The topological polar surface area (TPSA) is 81.6 Å². The Morgan fingerprint density at radius 1 is 1.07 bits per heavy atom. The summed E-state index contributed by atoms with van der Waals surface area (Å²) in [7, 11) is 4.02. The molecule has 0 aromatic carbocycles. The van der Waals surface area contributed by atoms with E-state index in [1.54, 1.807) is 30.9 Å². The van der Waals surface area contributed by atoms with Crippen LogP contribution in [0.1, 0.15) is 0 Å². The molecule has 0 spiro atoms. The Morgan fingerprint density at radius 3 is 2.75 bits per heavy atom. The fourth-order valence-corrected chi connectivity index (χ4v) is 2.70. The summed E-state index contributed by atoms with van der Waals surface area (Å²) in [6.45, 7) is 2.41. The molecule has 3 rings (SSSR count). The Labute approximate surface area is 168 Å². The van der Waals surface area contributed by atoms with Crippen molar-refractivity contribution in [2.45, 2.75) is 0 Å². The molecule has 0 radical (unpaired) electrons. The minimum absolute atomic E-state index is 0.401. The quantitative estimate of drug-likeness (QED) is 0.490. The SMILES string of the molecule is CN(C)CCOCCOc1cc(Oc2cccnc2)cnc1Nc1nccs1. The van der Waals surface area contributed by atoms with Crippen LogP contribution in [-0.2, 0) is 4.74 Å². The molecule has 0 unspecified atom stereocenters. The van der Waals surface area contributed by atoms with Crippen LogP contribution in [0.5, 0.6) is 17.2 Å². The lowest BCUT2D eigenvalue weighted by Crippen LogP contribution is -2.19. The predicted octanol–water partition coefficient (Wildman–Crippen LogP) is 3.43. The second kappa shape index (κ2) is 10.5. The second-order valence-corrected chi connectivity index (χ2v) is 6.93. The summed E-state index contributed by atoms with van der Waals surface area (Å²) in [6.07, 6.45) is 6.69. The molecular weight excluding hydrogens is 378 g/mol. The standard InChI is InChI=1S/C19H23N5O3S/c1-24(2)7-8-25-9-10-26-17-12-16(27-15-4-3-5-20-13-15)14-22-18(17)23-19-21-6-11-28-19/h3-6,11-14H,7-10H2,1-2H3,(H,21,22,23). The lowest BCUT2D eigenvalue weighted by atomic mass is 10.4. The summed E-state index contributed by atoms with van der Waals surface area (Å²) in [5, 5.41) is 5.79. The first-order valence-corrected chi connectivity index (χ1v) is 9.68. The van der Waals surface area contributed by atoms with Gasteiger partial charge in [0.15, 0.2) is 16.7 Å². The van der Waals surface area contributed by atoms with Gasteiger partial charge in [-0.3, -0.25) is 4.98 Å². The highest BCUT2D eigenvalue weighted by Gasteiger charge is 2.11. The minimum Gasteiger partial charge on any atom is -0.487 e. The van der Waals surface area contributed by atoms with Gasteiger partial charge in [-0.2, -0.15) is 0 Å². The zero-order valence-corrected chi connectivity index (χ0v) is 16.7. The van der Waals surface area contributed by atoms with Crippen molar-refractivity contribution in [3.8, 4) is 17.2 Å². The van der Waals surface area contributed by atoms with Crippen molar-refractivity contribution in [2.24, 2.45) is 0 Å². The summed E-state index contributed by atoms with van der Waals surface area (Å²) < 4.78 is 17.3. The largest absolute Gasteiger partial charge is 0.487 e. The van der Waals surface area contributed by atoms with Gasteiger partial charge >= 0.3 is 0 Å². The van der Waals surface area contributed by atoms with Crippen LogP contribution < -0.4 is 14.8 Å². The number of thiazole rings is 1. The van der Waals surface area contributed by atoms with E-state index in [-0.39, 0.29) is 0 Å². The van der Waals surface area contributed by atoms with Gasteiger partial charge in [0.05, 0.1) is 25.6 Å². The highest BCUT2D eigenvalue weighted by atomic mass is 32.1. The number of likely N-dealkylation sites (N-methyl/N-ethyl adjacent to an activating group) is 1. The number of nitrogens with zero attached hydrogens (tertiary/aromatic N) is 4. The molecule has 1 N–H and O–H groups in total. The average Bonchev–Trinajstić information content (AvgIpc) is 3.20. The molecule has 0 saturated heterocycles. The highest BCUT2D eigenvalue weighted by Crippen LogP contribution is 2.31. The average molecular weight is 401 g/mol. The fourth-order valence-electron chi connectivity index (χ4n) is 2.18. The molecule has 3 aromatic heterocycles. The highest BCUT2D eigenvalue weighted by molar-refractivity contribution is 7.13. The Morgan fingerprint density at radius 2 is 2.00 bits per heavy atom. The van der Waals surface area contributed by atoms with Crippen LogP contribution in [0.15, 0.2) is 48.4 Å². The summed E-state index contributed by atoms with van der Waals surface area (Å²) in [5.74, 6) is 2.32. The Balaban J connectivity index is 1.65. The number of hydrogen-bond acceptors (Lipinski definition) is 9. The van der Waals surface area contributed by atoms with Crippen LogP contribution in [0.2, 0.25) is 0 Å². The van der Waals surface area contributed by atoms with Crippen LogP contribution in [0.3, 0.4) is 0 Å². The summed E-state index contributed by atoms with van der Waals surface area (Å²) in [4.78, 5) is 14.8. The first-order chi connectivity index (χ1) is 13.7. The summed E-state index contributed by atoms with van der Waals surface area (Å²) in [6, 6.07) is 5.42. The van der Waals surface area contributed by atoms with E-state index < -0.39 is 0 Å². The molecule has 9 heteroatoms. The molecule has 0 aliphatic carbocycles. The molecule has 28 heavy (non-hydrogen) atoms. The molecule has 0 atom stereocenters. The van der Waals surface area contributed by atoms with Crippen molar-refractivity contribution < 1.29 is 14.2 Å². The van der Waals surface area contributed by atoms with Gasteiger partial charge in [-0.05, 0) is 26.2 Å². The van der Waals surface area contributed by atoms with Crippen molar-refractivity contribution in [3.63, 3.8) is 0 Å². The number of ether oxygens (including phenoxy) is 3. The van der Waals surface area contributed by atoms with Gasteiger partial charge in [-0.25, -0.2) is 9.97 Å². The van der Waals surface area contributed by atoms with Crippen LogP contribution in [0.25, 0.3) is 0 Å². The summed E-state index contributed by atoms with van der Waals surface area (Å²) >= 11 is 1.48. The van der Waals surface area contributed by atoms with Crippen LogP contribution in [0, 0.1) is 0 Å². The number of hydrogen-bond donors (Lipinski definition) is 1. The molecule has 0 fully saturated rings. The Bertz CT molecular complexity index is 831. The Hall–Kier alpha value is -2.75. The van der Waals surface area contributed by atoms with E-state index in [1.807, 2.05) is 31.6 Å². The molecular formula is C19H23N5O3S. The van der Waals surface area contributed by atoms with E-state index in [1.165, 1.54) is 11.3 Å². The smallest absolute Gasteiger partial charge is 0.188 e. The Kier molecular flexibility index (Phi) is 7.53. The van der Waals surface area contributed by atoms with Gasteiger partial charge in [0.1, 0.15) is 18.1 Å². The molecule has 0 saturated carbocycles. The molecule has 0 amide bonds. The molecule has 8 nitrogen and oxygen atoms in total. The molecule has 0 aliphatic rings. The second-order valence-electron chi connectivity index (χ2n) is 6.03. The van der Waals surface area contributed by atoms with E-state index in [4.69, 9.17) is 14.2 Å². The third kappa shape index (κ3) is 6.45. The van der Waals surface area contributed by atoms with Crippen molar-refractivity contribution in [1.29, 1.82) is 0 Å². The molecule has 0 aliphatic heterocycles. The van der Waals surface area contributed by atoms with Gasteiger partial charge in [-0.15, -0.1) is 11.3 Å². The third-order valence-corrected chi connectivity index (χ3v) is 4.21. The van der Waals surface area contributed by atoms with Crippen molar-refractivity contribution in [3.05, 3.63) is 48.4 Å². The molecule has 3 aromatic rings. The van der Waals surface area contributed by atoms with E-state index >= 15 is 0 Å². The van der Waals surface area contributed by atoms with Crippen molar-refractivity contribution in [2.75, 3.05) is 45.8 Å². The van der Waals surface area contributed by atoms with Gasteiger partial charge in [0, 0.05) is 30.4 Å². The van der Waals surface area contributed by atoms with Crippen LogP contribution >= 0.6 is 11.3 Å². The lowest BCUT2D eigenvalue weighted by Gasteiger charge is -2.14. The number of anilines is 2. The van der Waals surface area contributed by atoms with Crippen molar-refractivity contribution in [1.82, 2.24) is 19.9 Å². The maximum absolute atomic E-state index is 5.89. The number of pyridine rings is 2. The first kappa shape index (κ1) is 20.0. The van der Waals surface area contributed by atoms with E-state index in [0.717, 1.165) is 11.7 Å². The number of nitrogens with one attached hydrogen (secondary N) is 1. The summed E-state index contributed by atoms with van der Waals surface area (Å²) in [5.41, 5.74) is 0. The van der Waals surface area contributed by atoms with Gasteiger partial charge in [0.2, 0.25) is 0 Å². The van der Waals surface area contributed by atoms with Gasteiger partial charge in [0.25, 0.3) is 0 Å². The first-order valence-electron chi connectivity index (χ1n) is 8.80.